The lowest BCUT2D eigenvalue weighted by Gasteiger charge is -2.33. The molecular weight excluding hydrogens is 254 g/mol. The first kappa shape index (κ1) is 18.7. The summed E-state index contributed by atoms with van der Waals surface area (Å²) < 4.78 is 0. The zero-order chi connectivity index (χ0) is 15.7. The van der Waals surface area contributed by atoms with Crippen LogP contribution in [0, 0.1) is 17.3 Å². The molecule has 0 aromatic heterocycles. The van der Waals surface area contributed by atoms with Gasteiger partial charge >= 0.3 is 0 Å². The van der Waals surface area contributed by atoms with Gasteiger partial charge in [-0.2, -0.15) is 0 Å². The summed E-state index contributed by atoms with van der Waals surface area (Å²) in [5.74, 6) is 1.89. The van der Waals surface area contributed by atoms with Crippen LogP contribution in [0.4, 0.5) is 0 Å². The second kappa shape index (κ2) is 9.66. The average Bonchev–Trinajstić information content (AvgIpc) is 3.19. The Labute approximate surface area is 133 Å². The van der Waals surface area contributed by atoms with E-state index >= 15 is 0 Å². The van der Waals surface area contributed by atoms with Crippen LogP contribution in [0.5, 0.6) is 0 Å². The number of hydrogen-bond donors (Lipinski definition) is 1. The van der Waals surface area contributed by atoms with E-state index in [-0.39, 0.29) is 0 Å². The second-order valence-electron chi connectivity index (χ2n) is 8.21. The molecule has 0 aromatic carbocycles. The van der Waals surface area contributed by atoms with Gasteiger partial charge in [0.1, 0.15) is 0 Å². The third kappa shape index (κ3) is 9.34. The molecule has 0 aliphatic heterocycles. The van der Waals surface area contributed by atoms with Gasteiger partial charge in [0.05, 0.1) is 0 Å². The smallest absolute Gasteiger partial charge is 0.00104 e. The highest BCUT2D eigenvalue weighted by Crippen LogP contribution is 2.46. The van der Waals surface area contributed by atoms with E-state index in [0.29, 0.717) is 11.5 Å². The maximum atomic E-state index is 5.84. The average molecular weight is 294 g/mol. The monoisotopic (exact) mass is 293 g/mol. The van der Waals surface area contributed by atoms with Crippen molar-refractivity contribution in [2.45, 2.75) is 97.4 Å². The molecule has 0 saturated heterocycles. The van der Waals surface area contributed by atoms with E-state index < -0.39 is 0 Å². The summed E-state index contributed by atoms with van der Waals surface area (Å²) in [4.78, 5) is 0. The van der Waals surface area contributed by atoms with Crippen LogP contribution in [0.15, 0.2) is 12.7 Å². The van der Waals surface area contributed by atoms with E-state index in [9.17, 15) is 0 Å². The largest absolute Gasteiger partial charge is 0.328 e. The molecule has 1 fully saturated rings. The fourth-order valence-corrected chi connectivity index (χ4v) is 3.85. The van der Waals surface area contributed by atoms with E-state index in [0.717, 1.165) is 11.8 Å². The fraction of sp³-hybridized carbons (Fsp3) is 0.900. The molecular formula is C20H39N. The van der Waals surface area contributed by atoms with Crippen LogP contribution in [-0.2, 0) is 0 Å². The maximum Gasteiger partial charge on any atom is 0.00104 e. The predicted molar refractivity (Wildman–Crippen MR) is 95.4 cm³/mol. The van der Waals surface area contributed by atoms with Gasteiger partial charge in [-0.05, 0) is 62.7 Å². The number of unbranched alkanes of at least 4 members (excludes halogenated alkanes) is 2. The molecule has 2 unspecified atom stereocenters. The molecule has 124 valence electrons. The van der Waals surface area contributed by atoms with Crippen molar-refractivity contribution in [3.05, 3.63) is 12.7 Å². The van der Waals surface area contributed by atoms with E-state index in [4.69, 9.17) is 5.73 Å². The van der Waals surface area contributed by atoms with Crippen LogP contribution in [0.25, 0.3) is 0 Å². The lowest BCUT2D eigenvalue weighted by Crippen LogP contribution is -2.21. The number of hydrogen-bond acceptors (Lipinski definition) is 1. The summed E-state index contributed by atoms with van der Waals surface area (Å²) in [6, 6.07) is 0.377. The first-order valence-electron chi connectivity index (χ1n) is 9.31. The Morgan fingerprint density at radius 1 is 1.19 bits per heavy atom. The molecule has 1 heteroatoms. The quantitative estimate of drug-likeness (QED) is 0.323. The van der Waals surface area contributed by atoms with Crippen molar-refractivity contribution in [2.24, 2.45) is 23.0 Å². The fourth-order valence-electron chi connectivity index (χ4n) is 3.85. The van der Waals surface area contributed by atoms with Crippen LogP contribution in [0.1, 0.15) is 91.4 Å². The molecule has 3 atom stereocenters. The first-order valence-corrected chi connectivity index (χ1v) is 9.31. The summed E-state index contributed by atoms with van der Waals surface area (Å²) in [7, 11) is 0. The van der Waals surface area contributed by atoms with Gasteiger partial charge in [-0.25, -0.2) is 0 Å². The number of allylic oxidation sites excluding steroid dienone is 1. The normalized spacial score (nSPS) is 20.8. The van der Waals surface area contributed by atoms with Crippen LogP contribution < -0.4 is 5.73 Å². The van der Waals surface area contributed by atoms with Crippen LogP contribution in [0.3, 0.4) is 0 Å². The van der Waals surface area contributed by atoms with Crippen molar-refractivity contribution in [3.8, 4) is 0 Å². The van der Waals surface area contributed by atoms with Crippen LogP contribution in [0.2, 0.25) is 0 Å². The van der Waals surface area contributed by atoms with E-state index in [2.05, 4.69) is 33.4 Å². The van der Waals surface area contributed by atoms with Gasteiger partial charge in [0.25, 0.3) is 0 Å². The standard InChI is InChI=1S/C20H39N/c1-5-6-10-17(2)15-20(4,16-19-12-13-19)14-9-7-8-11-18(3)21/h5,17-19H,1,6-16,21H2,2-4H3/t17-,18?,20?/m1/s1. The molecule has 0 aromatic rings. The van der Waals surface area contributed by atoms with Crippen molar-refractivity contribution in [1.29, 1.82) is 0 Å². The molecule has 21 heavy (non-hydrogen) atoms. The Bertz CT molecular complexity index is 280. The topological polar surface area (TPSA) is 26.0 Å². The molecule has 0 radical (unpaired) electrons. The molecule has 1 saturated carbocycles. The number of rotatable bonds is 13. The summed E-state index contributed by atoms with van der Waals surface area (Å²) in [5.41, 5.74) is 6.42. The highest BCUT2D eigenvalue weighted by atomic mass is 14.6. The van der Waals surface area contributed by atoms with Gasteiger partial charge in [-0.1, -0.05) is 52.0 Å². The maximum absolute atomic E-state index is 5.84. The predicted octanol–water partition coefficient (Wildman–Crippen LogP) is 6.08. The third-order valence-corrected chi connectivity index (χ3v) is 5.12. The van der Waals surface area contributed by atoms with Crippen molar-refractivity contribution >= 4 is 0 Å². The van der Waals surface area contributed by atoms with Gasteiger partial charge < -0.3 is 5.73 Å². The van der Waals surface area contributed by atoms with Gasteiger partial charge in [-0.15, -0.1) is 6.58 Å². The van der Waals surface area contributed by atoms with Gasteiger partial charge in [0, 0.05) is 6.04 Å². The molecule has 1 nitrogen and oxygen atoms in total. The third-order valence-electron chi connectivity index (χ3n) is 5.12. The zero-order valence-electron chi connectivity index (χ0n) is 14.9. The molecule has 0 spiro atoms. The molecule has 1 aliphatic rings. The molecule has 0 bridgehead atoms. The lowest BCUT2D eigenvalue weighted by atomic mass is 9.73. The number of nitrogens with two attached hydrogens (primary N) is 1. The van der Waals surface area contributed by atoms with E-state index in [1.807, 2.05) is 0 Å². The Morgan fingerprint density at radius 3 is 2.48 bits per heavy atom. The first-order chi connectivity index (χ1) is 9.95. The zero-order valence-corrected chi connectivity index (χ0v) is 14.9. The SMILES string of the molecule is C=CCC[C@@H](C)CC(C)(CCCCCC(C)N)CC1CC1. The minimum absolute atomic E-state index is 0.377. The minimum atomic E-state index is 0.377. The molecule has 2 N–H and O–H groups in total. The summed E-state index contributed by atoms with van der Waals surface area (Å²) >= 11 is 0. The molecule has 0 heterocycles. The molecule has 1 rings (SSSR count). The van der Waals surface area contributed by atoms with Gasteiger partial charge in [0.15, 0.2) is 0 Å². The van der Waals surface area contributed by atoms with E-state index in [1.54, 1.807) is 0 Å². The molecule has 1 aliphatic carbocycles. The summed E-state index contributed by atoms with van der Waals surface area (Å²) in [5, 5.41) is 0. The minimum Gasteiger partial charge on any atom is -0.328 e. The second-order valence-corrected chi connectivity index (χ2v) is 8.21. The van der Waals surface area contributed by atoms with Crippen molar-refractivity contribution in [1.82, 2.24) is 0 Å². The van der Waals surface area contributed by atoms with Crippen molar-refractivity contribution in [3.63, 3.8) is 0 Å². The molecule has 0 amide bonds. The van der Waals surface area contributed by atoms with Crippen molar-refractivity contribution in [2.75, 3.05) is 0 Å². The van der Waals surface area contributed by atoms with E-state index in [1.165, 1.54) is 70.6 Å². The highest BCUT2D eigenvalue weighted by Gasteiger charge is 2.33. The lowest BCUT2D eigenvalue weighted by molar-refractivity contribution is 0.188. The Balaban J connectivity index is 2.31. The Hall–Kier alpha value is -0.300. The summed E-state index contributed by atoms with van der Waals surface area (Å²) in [6.45, 7) is 11.0. The Kier molecular flexibility index (Phi) is 8.63. The van der Waals surface area contributed by atoms with Gasteiger partial charge in [-0.3, -0.25) is 0 Å². The Morgan fingerprint density at radius 2 is 1.90 bits per heavy atom. The van der Waals surface area contributed by atoms with Crippen molar-refractivity contribution < 1.29 is 0 Å². The van der Waals surface area contributed by atoms with Crippen LogP contribution >= 0.6 is 0 Å². The summed E-state index contributed by atoms with van der Waals surface area (Å²) in [6.07, 6.45) is 17.1. The van der Waals surface area contributed by atoms with Gasteiger partial charge in [0.2, 0.25) is 0 Å². The highest BCUT2D eigenvalue weighted by molar-refractivity contribution is 4.85. The van der Waals surface area contributed by atoms with Crippen LogP contribution in [-0.4, -0.2) is 6.04 Å².